The Balaban J connectivity index is -0.0000000257. The molecule has 0 bridgehead atoms. The molecule has 0 amide bonds. The summed E-state index contributed by atoms with van der Waals surface area (Å²) in [5, 5.41) is 24.8. The van der Waals surface area contributed by atoms with Crippen LogP contribution in [-0.2, 0) is 31.2 Å². The van der Waals surface area contributed by atoms with Crippen molar-refractivity contribution in [3.05, 3.63) is 0 Å². The third-order valence-corrected chi connectivity index (χ3v) is 0. The maximum Gasteiger partial charge on any atom is 3.00 e. The third-order valence-electron chi connectivity index (χ3n) is 0. The first kappa shape index (κ1) is 23.1. The normalized spacial score (nSPS) is 3.60. The van der Waals surface area contributed by atoms with Crippen LogP contribution in [0.3, 0.4) is 0 Å². The van der Waals surface area contributed by atoms with Crippen molar-refractivity contribution in [2.24, 2.45) is 0 Å². The summed E-state index contributed by atoms with van der Waals surface area (Å²) in [5.41, 5.74) is 0. The first-order valence-electron chi connectivity index (χ1n) is 1.41. The molecule has 0 spiro atoms. The summed E-state index contributed by atoms with van der Waals surface area (Å²) in [6.07, 6.45) is 0. The van der Waals surface area contributed by atoms with Crippen LogP contribution in [0.4, 0.5) is 0 Å². The Morgan fingerprint density at radius 1 is 0.700 bits per heavy atom. The molecular formula is C3H3CoO6. The molecule has 0 rings (SSSR count). The van der Waals surface area contributed by atoms with Crippen molar-refractivity contribution in [2.45, 2.75) is 0 Å². The fourth-order valence-corrected chi connectivity index (χ4v) is 0. The number of carbonyl (C=O) groups excluding carboxylic acids is 3. The molecule has 7 heteroatoms. The van der Waals surface area contributed by atoms with E-state index in [1.165, 1.54) is 0 Å². The molecule has 0 atom stereocenters. The van der Waals surface area contributed by atoms with Gasteiger partial charge in [-0.15, -0.1) is 0 Å². The maximum atomic E-state index is 8.25. The van der Waals surface area contributed by atoms with E-state index in [1.807, 2.05) is 0 Å². The molecule has 0 saturated heterocycles. The summed E-state index contributed by atoms with van der Waals surface area (Å²) in [4.78, 5) is 24.8. The maximum absolute atomic E-state index is 8.25. The van der Waals surface area contributed by atoms with E-state index in [0.717, 1.165) is 0 Å². The molecule has 0 saturated carbocycles. The number of hydrogen-bond donors (Lipinski definition) is 0. The minimum atomic E-state index is -0.500. The summed E-state index contributed by atoms with van der Waals surface area (Å²) in [5.74, 6) is 0. The van der Waals surface area contributed by atoms with Gasteiger partial charge in [0.2, 0.25) is 0 Å². The van der Waals surface area contributed by atoms with Gasteiger partial charge >= 0.3 is 16.8 Å². The number of carbonyl (C=O) groups is 3. The monoisotopic (exact) mass is 194 g/mol. The minimum Gasteiger partial charge on any atom is -0.554 e. The van der Waals surface area contributed by atoms with Crippen LogP contribution in [0.15, 0.2) is 0 Å². The SMILES string of the molecule is O=C[O-].O=C[O-].O=C[O-].[Co+3]. The molecule has 0 aliphatic rings. The summed E-state index contributed by atoms with van der Waals surface area (Å²) in [7, 11) is 0. The zero-order chi connectivity index (χ0) is 8.12. The van der Waals surface area contributed by atoms with Crippen molar-refractivity contribution >= 4 is 19.4 Å². The zero-order valence-corrected chi connectivity index (χ0v) is 5.56. The first-order valence-corrected chi connectivity index (χ1v) is 1.41. The smallest absolute Gasteiger partial charge is 0.554 e. The average Bonchev–Trinajstić information content (AvgIpc) is 1.70. The Morgan fingerprint density at radius 2 is 0.700 bits per heavy atom. The number of hydrogen-bond acceptors (Lipinski definition) is 6. The van der Waals surface area contributed by atoms with E-state index in [4.69, 9.17) is 29.7 Å². The van der Waals surface area contributed by atoms with E-state index >= 15 is 0 Å². The van der Waals surface area contributed by atoms with Crippen LogP contribution in [0.25, 0.3) is 0 Å². The van der Waals surface area contributed by atoms with Crippen LogP contribution in [0.1, 0.15) is 0 Å². The van der Waals surface area contributed by atoms with Crippen LogP contribution in [0.5, 0.6) is 0 Å². The Labute approximate surface area is 66.7 Å². The fourth-order valence-electron chi connectivity index (χ4n) is 0. The second-order valence-corrected chi connectivity index (χ2v) is 0.289. The van der Waals surface area contributed by atoms with E-state index in [9.17, 15) is 0 Å². The molecular weight excluding hydrogens is 191 g/mol. The van der Waals surface area contributed by atoms with E-state index < -0.39 is 19.4 Å². The van der Waals surface area contributed by atoms with Crippen LogP contribution in [0.2, 0.25) is 0 Å². The molecule has 10 heavy (non-hydrogen) atoms. The molecule has 0 aromatic rings. The van der Waals surface area contributed by atoms with Crippen LogP contribution < -0.4 is 15.3 Å². The Morgan fingerprint density at radius 3 is 0.700 bits per heavy atom. The van der Waals surface area contributed by atoms with Crippen molar-refractivity contribution in [3.8, 4) is 0 Å². The van der Waals surface area contributed by atoms with Crippen LogP contribution >= 0.6 is 0 Å². The van der Waals surface area contributed by atoms with Crippen molar-refractivity contribution in [1.29, 1.82) is 0 Å². The van der Waals surface area contributed by atoms with Gasteiger partial charge in [-0.2, -0.15) is 0 Å². The molecule has 0 fully saturated rings. The van der Waals surface area contributed by atoms with E-state index in [1.54, 1.807) is 0 Å². The largest absolute Gasteiger partial charge is 3.00 e. The van der Waals surface area contributed by atoms with Gasteiger partial charge in [0, 0.05) is 19.4 Å². The fraction of sp³-hybridized carbons (Fsp3) is 0. The van der Waals surface area contributed by atoms with Crippen molar-refractivity contribution < 1.29 is 46.5 Å². The van der Waals surface area contributed by atoms with Gasteiger partial charge < -0.3 is 29.7 Å². The summed E-state index contributed by atoms with van der Waals surface area (Å²) >= 11 is 0. The molecule has 0 unspecified atom stereocenters. The molecule has 6 nitrogen and oxygen atoms in total. The summed E-state index contributed by atoms with van der Waals surface area (Å²) in [6.45, 7) is -1.50. The Kier molecular flexibility index (Phi) is 238. The average molecular weight is 194 g/mol. The second-order valence-electron chi connectivity index (χ2n) is 0.289. The van der Waals surface area contributed by atoms with Gasteiger partial charge in [-0.05, 0) is 0 Å². The predicted molar refractivity (Wildman–Crippen MR) is 18.2 cm³/mol. The predicted octanol–water partition coefficient (Wildman–Crippen LogP) is -4.90. The molecule has 60 valence electrons. The van der Waals surface area contributed by atoms with E-state index in [-0.39, 0.29) is 16.8 Å². The zero-order valence-electron chi connectivity index (χ0n) is 4.51. The summed E-state index contributed by atoms with van der Waals surface area (Å²) < 4.78 is 0. The van der Waals surface area contributed by atoms with Crippen molar-refractivity contribution in [3.63, 3.8) is 0 Å². The quantitative estimate of drug-likeness (QED) is 0.356. The van der Waals surface area contributed by atoms with Gasteiger partial charge in [0.25, 0.3) is 0 Å². The van der Waals surface area contributed by atoms with Gasteiger partial charge in [-0.3, -0.25) is 0 Å². The molecule has 0 radical (unpaired) electrons. The topological polar surface area (TPSA) is 120 Å². The Bertz CT molecular complexity index is 49.7. The number of rotatable bonds is 0. The van der Waals surface area contributed by atoms with Gasteiger partial charge in [-0.1, -0.05) is 0 Å². The first-order chi connectivity index (χ1) is 4.24. The van der Waals surface area contributed by atoms with Crippen LogP contribution in [-0.4, -0.2) is 19.4 Å². The summed E-state index contributed by atoms with van der Waals surface area (Å²) in [6, 6.07) is 0. The van der Waals surface area contributed by atoms with Crippen molar-refractivity contribution in [1.82, 2.24) is 0 Å². The van der Waals surface area contributed by atoms with Gasteiger partial charge in [0.05, 0.1) is 0 Å². The van der Waals surface area contributed by atoms with Crippen LogP contribution in [0, 0.1) is 0 Å². The van der Waals surface area contributed by atoms with Crippen molar-refractivity contribution in [2.75, 3.05) is 0 Å². The standard InChI is InChI=1S/3CH2O2.Co/c3*2-1-3;/h3*1H,(H,2,3);/q;;;+3/p-3. The molecule has 0 aliphatic heterocycles. The van der Waals surface area contributed by atoms with E-state index in [2.05, 4.69) is 0 Å². The number of carboxylic acid groups (broad SMARTS) is 3. The molecule has 0 heterocycles. The second kappa shape index (κ2) is 103. The van der Waals surface area contributed by atoms with Gasteiger partial charge in [0.15, 0.2) is 0 Å². The third kappa shape index (κ3) is 206. The molecule has 0 aromatic carbocycles. The minimum absolute atomic E-state index is 0. The molecule has 0 aliphatic carbocycles. The molecule has 0 N–H and O–H groups in total. The Hall–Kier alpha value is -1.08. The van der Waals surface area contributed by atoms with E-state index in [0.29, 0.717) is 0 Å². The van der Waals surface area contributed by atoms with Gasteiger partial charge in [-0.25, -0.2) is 0 Å². The molecule has 0 aromatic heterocycles. The van der Waals surface area contributed by atoms with Gasteiger partial charge in [0.1, 0.15) is 0 Å².